The van der Waals surface area contributed by atoms with Crippen molar-refractivity contribution >= 4 is 29.9 Å². The minimum absolute atomic E-state index is 0.295. The summed E-state index contributed by atoms with van der Waals surface area (Å²) in [5.74, 6) is -2.78. The SMILES string of the molecule is COC(=O)C1=CN2C=Cc3ccccc3C2OC12C(=O)N(C)C(=O)N(C)C2=O. The minimum atomic E-state index is -2.32. The van der Waals surface area contributed by atoms with Crippen molar-refractivity contribution in [3.63, 3.8) is 0 Å². The molecule has 144 valence electrons. The van der Waals surface area contributed by atoms with E-state index in [1.165, 1.54) is 20.3 Å². The normalized spacial score (nSPS) is 22.8. The van der Waals surface area contributed by atoms with Crippen LogP contribution in [0.5, 0.6) is 0 Å². The van der Waals surface area contributed by atoms with Crippen molar-refractivity contribution in [2.24, 2.45) is 0 Å². The monoisotopic (exact) mass is 383 g/mol. The number of imide groups is 2. The number of esters is 1. The van der Waals surface area contributed by atoms with Crippen LogP contribution in [0, 0.1) is 0 Å². The Balaban J connectivity index is 1.94. The second-order valence-corrected chi connectivity index (χ2v) is 6.59. The highest BCUT2D eigenvalue weighted by molar-refractivity contribution is 6.26. The van der Waals surface area contributed by atoms with Gasteiger partial charge in [0.15, 0.2) is 6.23 Å². The van der Waals surface area contributed by atoms with Crippen LogP contribution in [-0.4, -0.2) is 65.3 Å². The maximum absolute atomic E-state index is 13.1. The third-order valence-corrected chi connectivity index (χ3v) is 5.10. The molecule has 1 spiro atoms. The van der Waals surface area contributed by atoms with Crippen molar-refractivity contribution in [1.29, 1.82) is 0 Å². The van der Waals surface area contributed by atoms with Crippen LogP contribution in [-0.2, 0) is 23.9 Å². The van der Waals surface area contributed by atoms with Crippen LogP contribution in [0.25, 0.3) is 6.08 Å². The van der Waals surface area contributed by atoms with Crippen molar-refractivity contribution in [3.05, 3.63) is 53.4 Å². The van der Waals surface area contributed by atoms with Gasteiger partial charge in [-0.3, -0.25) is 19.4 Å². The predicted molar refractivity (Wildman–Crippen MR) is 94.9 cm³/mol. The number of hydrogen-bond donors (Lipinski definition) is 0. The maximum Gasteiger partial charge on any atom is 0.339 e. The molecule has 9 heteroatoms. The molecule has 3 aliphatic rings. The van der Waals surface area contributed by atoms with Gasteiger partial charge in [0.2, 0.25) is 0 Å². The van der Waals surface area contributed by atoms with E-state index in [2.05, 4.69) is 0 Å². The molecular weight excluding hydrogens is 366 g/mol. The number of fused-ring (bicyclic) bond motifs is 3. The summed E-state index contributed by atoms with van der Waals surface area (Å²) in [5, 5.41) is 0. The van der Waals surface area contributed by atoms with E-state index in [1.54, 1.807) is 23.2 Å². The van der Waals surface area contributed by atoms with E-state index in [0.29, 0.717) is 5.56 Å². The molecule has 0 aliphatic carbocycles. The highest BCUT2D eigenvalue weighted by Crippen LogP contribution is 2.44. The van der Waals surface area contributed by atoms with Gasteiger partial charge in [-0.1, -0.05) is 24.3 Å². The topological polar surface area (TPSA) is 96.5 Å². The number of urea groups is 1. The van der Waals surface area contributed by atoms with E-state index in [9.17, 15) is 19.2 Å². The molecule has 1 atom stereocenters. The summed E-state index contributed by atoms with van der Waals surface area (Å²) in [4.78, 5) is 54.1. The summed E-state index contributed by atoms with van der Waals surface area (Å²) in [7, 11) is 3.60. The largest absolute Gasteiger partial charge is 0.466 e. The number of barbiturate groups is 1. The van der Waals surface area contributed by atoms with E-state index in [1.807, 2.05) is 18.2 Å². The van der Waals surface area contributed by atoms with Crippen LogP contribution in [0.1, 0.15) is 17.4 Å². The summed E-state index contributed by atoms with van der Waals surface area (Å²) in [5.41, 5.74) is -1.05. The second kappa shape index (κ2) is 6.03. The fourth-order valence-corrected chi connectivity index (χ4v) is 3.60. The molecule has 0 N–H and O–H groups in total. The number of rotatable bonds is 1. The molecule has 1 unspecified atom stereocenters. The van der Waals surface area contributed by atoms with Crippen molar-refractivity contribution in [2.45, 2.75) is 11.8 Å². The van der Waals surface area contributed by atoms with Crippen LogP contribution in [0.15, 0.2) is 42.2 Å². The number of methoxy groups -OCH3 is 1. The van der Waals surface area contributed by atoms with Crippen LogP contribution < -0.4 is 0 Å². The molecule has 9 nitrogen and oxygen atoms in total. The Labute approximate surface area is 160 Å². The first-order chi connectivity index (χ1) is 13.3. The molecule has 3 heterocycles. The van der Waals surface area contributed by atoms with Gasteiger partial charge in [-0.25, -0.2) is 9.59 Å². The zero-order chi connectivity index (χ0) is 20.2. The van der Waals surface area contributed by atoms with E-state index < -0.39 is 35.6 Å². The molecule has 4 rings (SSSR count). The number of nitrogens with zero attached hydrogens (tertiary/aromatic N) is 3. The quantitative estimate of drug-likeness (QED) is 0.524. The Morgan fingerprint density at radius 1 is 1.11 bits per heavy atom. The van der Waals surface area contributed by atoms with E-state index >= 15 is 0 Å². The molecule has 1 aromatic rings. The van der Waals surface area contributed by atoms with Gasteiger partial charge in [0, 0.05) is 32.1 Å². The molecule has 28 heavy (non-hydrogen) atoms. The van der Waals surface area contributed by atoms with Crippen LogP contribution in [0.3, 0.4) is 0 Å². The van der Waals surface area contributed by atoms with Crippen molar-refractivity contribution in [1.82, 2.24) is 14.7 Å². The van der Waals surface area contributed by atoms with Gasteiger partial charge in [-0.05, 0) is 11.6 Å². The lowest BCUT2D eigenvalue weighted by atomic mass is 9.86. The Morgan fingerprint density at radius 3 is 2.39 bits per heavy atom. The summed E-state index contributed by atoms with van der Waals surface area (Å²) in [6.45, 7) is 0. The molecule has 0 radical (unpaired) electrons. The number of likely N-dealkylation sites (N-methyl/N-ethyl adjacent to an activating group) is 2. The zero-order valence-corrected chi connectivity index (χ0v) is 15.4. The smallest absolute Gasteiger partial charge is 0.339 e. The molecule has 3 aliphatic heterocycles. The first-order valence-corrected chi connectivity index (χ1v) is 8.46. The van der Waals surface area contributed by atoms with Crippen molar-refractivity contribution in [3.8, 4) is 0 Å². The fraction of sp³-hybridized carbons (Fsp3) is 0.263. The number of ether oxygens (including phenoxy) is 2. The molecule has 1 saturated heterocycles. The minimum Gasteiger partial charge on any atom is -0.466 e. The molecule has 0 aromatic heterocycles. The molecule has 0 saturated carbocycles. The number of amides is 4. The summed E-state index contributed by atoms with van der Waals surface area (Å²) >= 11 is 0. The second-order valence-electron chi connectivity index (χ2n) is 6.59. The Hall–Kier alpha value is -3.46. The average Bonchev–Trinajstić information content (AvgIpc) is 2.73. The number of hydrogen-bond acceptors (Lipinski definition) is 7. The molecule has 4 amide bonds. The average molecular weight is 383 g/mol. The third kappa shape index (κ3) is 2.16. The summed E-state index contributed by atoms with van der Waals surface area (Å²) in [6.07, 6.45) is 4.03. The molecule has 1 aromatic carbocycles. The number of benzene rings is 1. The van der Waals surface area contributed by atoms with Gasteiger partial charge in [-0.15, -0.1) is 0 Å². The number of carbonyl (C=O) groups is 4. The first kappa shape index (κ1) is 17.9. The zero-order valence-electron chi connectivity index (χ0n) is 15.4. The molecule has 1 fully saturated rings. The number of carbonyl (C=O) groups excluding carboxylic acids is 4. The summed E-state index contributed by atoms with van der Waals surface area (Å²) < 4.78 is 10.9. The Kier molecular flexibility index (Phi) is 3.86. The van der Waals surface area contributed by atoms with E-state index in [-0.39, 0.29) is 5.57 Å². The molecule has 0 bridgehead atoms. The standard InChI is InChI=1S/C19H17N3O6/c1-20-16(24)19(17(25)21(2)18(20)26)13(15(23)27-3)10-22-9-8-11-6-4-5-7-12(11)14(22)28-19/h4-10,14H,1-3H3. The Bertz CT molecular complexity index is 958. The van der Waals surface area contributed by atoms with Gasteiger partial charge in [0.1, 0.15) is 5.57 Å². The predicted octanol–water partition coefficient (Wildman–Crippen LogP) is 0.848. The fourth-order valence-electron chi connectivity index (χ4n) is 3.60. The van der Waals surface area contributed by atoms with Gasteiger partial charge < -0.3 is 14.4 Å². The van der Waals surface area contributed by atoms with E-state index in [4.69, 9.17) is 9.47 Å². The van der Waals surface area contributed by atoms with Crippen LogP contribution >= 0.6 is 0 Å². The lowest BCUT2D eigenvalue weighted by molar-refractivity contribution is -0.192. The van der Waals surface area contributed by atoms with E-state index in [0.717, 1.165) is 22.5 Å². The lowest BCUT2D eigenvalue weighted by Gasteiger charge is -2.48. The molecular formula is C19H17N3O6. The highest BCUT2D eigenvalue weighted by atomic mass is 16.6. The van der Waals surface area contributed by atoms with Gasteiger partial charge in [0.25, 0.3) is 17.4 Å². The highest BCUT2D eigenvalue weighted by Gasteiger charge is 2.64. The van der Waals surface area contributed by atoms with Gasteiger partial charge in [0.05, 0.1) is 7.11 Å². The first-order valence-electron chi connectivity index (χ1n) is 8.46. The van der Waals surface area contributed by atoms with Gasteiger partial charge >= 0.3 is 12.0 Å². The van der Waals surface area contributed by atoms with Gasteiger partial charge in [-0.2, -0.15) is 0 Å². The van der Waals surface area contributed by atoms with Crippen molar-refractivity contribution in [2.75, 3.05) is 21.2 Å². The summed E-state index contributed by atoms with van der Waals surface area (Å²) in [6, 6.07) is 6.52. The maximum atomic E-state index is 13.1. The third-order valence-electron chi connectivity index (χ3n) is 5.10. The van der Waals surface area contributed by atoms with Crippen molar-refractivity contribution < 1.29 is 28.7 Å². The van der Waals surface area contributed by atoms with Crippen LogP contribution in [0.2, 0.25) is 0 Å². The lowest BCUT2D eigenvalue weighted by Crippen LogP contribution is -2.71. The van der Waals surface area contributed by atoms with Crippen LogP contribution in [0.4, 0.5) is 4.79 Å². The Morgan fingerprint density at radius 2 is 1.75 bits per heavy atom.